The van der Waals surface area contributed by atoms with Gasteiger partial charge in [-0.2, -0.15) is 4.31 Å². The van der Waals surface area contributed by atoms with Gasteiger partial charge in [0.2, 0.25) is 10.0 Å². The van der Waals surface area contributed by atoms with Crippen LogP contribution in [-0.4, -0.2) is 24.8 Å². The molecule has 0 aromatic heterocycles. The monoisotopic (exact) mass is 289 g/mol. The molecular weight excluding hydrogens is 272 g/mol. The van der Waals surface area contributed by atoms with Gasteiger partial charge in [-0.3, -0.25) is 0 Å². The Morgan fingerprint density at radius 2 is 1.58 bits per heavy atom. The van der Waals surface area contributed by atoms with Crippen molar-refractivity contribution in [3.63, 3.8) is 0 Å². The molecule has 0 spiro atoms. The van der Waals surface area contributed by atoms with Gasteiger partial charge in [-0.15, -0.1) is 0 Å². The van der Waals surface area contributed by atoms with Crippen molar-refractivity contribution >= 4 is 10.0 Å². The normalized spacial score (nSPS) is 25.5. The standard InChI is InChI=1S/C13H17F2NO2S/c1-9-5-3-6-10(2)16(9)19(17,18)13-11(14)7-4-8-12(13)15/h4,7-10H,3,5-6H2,1-2H3/t9-,10-/m1/s1. The van der Waals surface area contributed by atoms with Crippen molar-refractivity contribution in [2.45, 2.75) is 50.1 Å². The third-order valence-corrected chi connectivity index (χ3v) is 5.75. The van der Waals surface area contributed by atoms with Gasteiger partial charge in [0.15, 0.2) is 4.90 Å². The topological polar surface area (TPSA) is 37.4 Å². The van der Waals surface area contributed by atoms with Crippen LogP contribution in [0.3, 0.4) is 0 Å². The molecule has 1 aromatic carbocycles. The number of rotatable bonds is 2. The van der Waals surface area contributed by atoms with Crippen LogP contribution in [0.15, 0.2) is 23.1 Å². The van der Waals surface area contributed by atoms with Crippen LogP contribution < -0.4 is 0 Å². The molecule has 3 nitrogen and oxygen atoms in total. The SMILES string of the molecule is C[C@@H]1CCC[C@@H](C)N1S(=O)(=O)c1c(F)cccc1F. The lowest BCUT2D eigenvalue weighted by Crippen LogP contribution is -2.47. The summed E-state index contributed by atoms with van der Waals surface area (Å²) in [6, 6.07) is 2.61. The highest BCUT2D eigenvalue weighted by molar-refractivity contribution is 7.89. The van der Waals surface area contributed by atoms with Gasteiger partial charge in [-0.1, -0.05) is 12.5 Å². The number of hydrogen-bond donors (Lipinski definition) is 0. The van der Waals surface area contributed by atoms with Gasteiger partial charge in [-0.05, 0) is 38.8 Å². The molecule has 0 saturated carbocycles. The fourth-order valence-corrected chi connectivity index (χ4v) is 4.70. The molecule has 1 aliphatic heterocycles. The Bertz CT molecular complexity index is 544. The first-order chi connectivity index (χ1) is 8.85. The van der Waals surface area contributed by atoms with E-state index in [-0.39, 0.29) is 12.1 Å². The molecule has 0 radical (unpaired) electrons. The first-order valence-corrected chi connectivity index (χ1v) is 7.77. The summed E-state index contributed by atoms with van der Waals surface area (Å²) in [5.74, 6) is -2.07. The van der Waals surface area contributed by atoms with Gasteiger partial charge in [-0.25, -0.2) is 17.2 Å². The van der Waals surface area contributed by atoms with Crippen LogP contribution in [0, 0.1) is 11.6 Å². The summed E-state index contributed by atoms with van der Waals surface area (Å²) in [5, 5.41) is 0. The molecule has 1 aromatic rings. The van der Waals surface area contributed by atoms with Crippen LogP contribution in [0.2, 0.25) is 0 Å². The van der Waals surface area contributed by atoms with E-state index in [1.807, 2.05) is 0 Å². The Labute approximate surface area is 112 Å². The van der Waals surface area contributed by atoms with Crippen LogP contribution in [-0.2, 0) is 10.0 Å². The lowest BCUT2D eigenvalue weighted by molar-refractivity contribution is 0.203. The maximum atomic E-state index is 13.7. The van der Waals surface area contributed by atoms with E-state index in [0.29, 0.717) is 12.8 Å². The second-order valence-corrected chi connectivity index (χ2v) is 6.79. The Kier molecular flexibility index (Phi) is 3.92. The smallest absolute Gasteiger partial charge is 0.207 e. The van der Waals surface area contributed by atoms with Crippen molar-refractivity contribution in [1.82, 2.24) is 4.31 Å². The molecule has 0 bridgehead atoms. The molecule has 1 aliphatic rings. The summed E-state index contributed by atoms with van der Waals surface area (Å²) in [5.41, 5.74) is 0. The largest absolute Gasteiger partial charge is 0.249 e. The van der Waals surface area contributed by atoms with E-state index in [1.165, 1.54) is 4.31 Å². The fourth-order valence-electron chi connectivity index (χ4n) is 2.71. The summed E-state index contributed by atoms with van der Waals surface area (Å²) in [6.45, 7) is 3.54. The zero-order chi connectivity index (χ0) is 14.2. The van der Waals surface area contributed by atoms with Crippen molar-refractivity contribution in [1.29, 1.82) is 0 Å². The summed E-state index contributed by atoms with van der Waals surface area (Å²) in [4.78, 5) is -0.837. The maximum absolute atomic E-state index is 13.7. The highest BCUT2D eigenvalue weighted by Crippen LogP contribution is 2.31. The van der Waals surface area contributed by atoms with Crippen molar-refractivity contribution in [3.8, 4) is 0 Å². The van der Waals surface area contributed by atoms with E-state index in [1.54, 1.807) is 13.8 Å². The Morgan fingerprint density at radius 1 is 1.11 bits per heavy atom. The molecule has 1 fully saturated rings. The second kappa shape index (κ2) is 5.17. The predicted octanol–water partition coefficient (Wildman–Crippen LogP) is 2.92. The summed E-state index contributed by atoms with van der Waals surface area (Å²) in [6.07, 6.45) is 2.34. The average Bonchev–Trinajstić information content (AvgIpc) is 2.27. The number of hydrogen-bond acceptors (Lipinski definition) is 2. The van der Waals surface area contributed by atoms with E-state index < -0.39 is 26.6 Å². The van der Waals surface area contributed by atoms with E-state index in [9.17, 15) is 17.2 Å². The molecule has 19 heavy (non-hydrogen) atoms. The molecule has 106 valence electrons. The third kappa shape index (κ3) is 2.51. The third-order valence-electron chi connectivity index (χ3n) is 3.57. The highest BCUT2D eigenvalue weighted by Gasteiger charge is 2.38. The molecule has 0 unspecified atom stereocenters. The predicted molar refractivity (Wildman–Crippen MR) is 68.2 cm³/mol. The number of benzene rings is 1. The number of nitrogens with zero attached hydrogens (tertiary/aromatic N) is 1. The van der Waals surface area contributed by atoms with E-state index in [4.69, 9.17) is 0 Å². The summed E-state index contributed by atoms with van der Waals surface area (Å²) in [7, 11) is -4.14. The minimum atomic E-state index is -4.14. The highest BCUT2D eigenvalue weighted by atomic mass is 32.2. The zero-order valence-corrected chi connectivity index (χ0v) is 11.8. The molecule has 0 aliphatic carbocycles. The summed E-state index contributed by atoms with van der Waals surface area (Å²) < 4.78 is 53.6. The van der Waals surface area contributed by atoms with Gasteiger partial charge in [0.25, 0.3) is 0 Å². The van der Waals surface area contributed by atoms with E-state index in [0.717, 1.165) is 24.6 Å². The van der Waals surface area contributed by atoms with Gasteiger partial charge >= 0.3 is 0 Å². The first kappa shape index (κ1) is 14.4. The Hall–Kier alpha value is -1.01. The molecule has 0 amide bonds. The Morgan fingerprint density at radius 3 is 2.05 bits per heavy atom. The van der Waals surface area contributed by atoms with Crippen LogP contribution in [0.4, 0.5) is 8.78 Å². The minimum Gasteiger partial charge on any atom is -0.207 e. The molecule has 1 saturated heterocycles. The zero-order valence-electron chi connectivity index (χ0n) is 10.9. The van der Waals surface area contributed by atoms with Crippen LogP contribution in [0.25, 0.3) is 0 Å². The van der Waals surface area contributed by atoms with Crippen molar-refractivity contribution < 1.29 is 17.2 Å². The van der Waals surface area contributed by atoms with Crippen LogP contribution in [0.1, 0.15) is 33.1 Å². The molecule has 1 heterocycles. The van der Waals surface area contributed by atoms with Gasteiger partial charge in [0.05, 0.1) is 0 Å². The van der Waals surface area contributed by atoms with Crippen LogP contribution >= 0.6 is 0 Å². The number of piperidine rings is 1. The Balaban J connectivity index is 2.53. The minimum absolute atomic E-state index is 0.243. The lowest BCUT2D eigenvalue weighted by Gasteiger charge is -2.37. The van der Waals surface area contributed by atoms with Crippen LogP contribution in [0.5, 0.6) is 0 Å². The molecule has 2 rings (SSSR count). The fraction of sp³-hybridized carbons (Fsp3) is 0.538. The van der Waals surface area contributed by atoms with Crippen molar-refractivity contribution in [2.24, 2.45) is 0 Å². The van der Waals surface area contributed by atoms with E-state index in [2.05, 4.69) is 0 Å². The van der Waals surface area contributed by atoms with E-state index >= 15 is 0 Å². The lowest BCUT2D eigenvalue weighted by atomic mass is 10.0. The summed E-state index contributed by atoms with van der Waals surface area (Å²) >= 11 is 0. The quantitative estimate of drug-likeness (QED) is 0.839. The first-order valence-electron chi connectivity index (χ1n) is 6.33. The van der Waals surface area contributed by atoms with Gasteiger partial charge in [0.1, 0.15) is 11.6 Å². The maximum Gasteiger partial charge on any atom is 0.249 e. The molecule has 6 heteroatoms. The van der Waals surface area contributed by atoms with Gasteiger partial charge < -0.3 is 0 Å². The molecule has 2 atom stereocenters. The second-order valence-electron chi connectivity index (χ2n) is 5.01. The number of sulfonamides is 1. The average molecular weight is 289 g/mol. The van der Waals surface area contributed by atoms with Crippen molar-refractivity contribution in [2.75, 3.05) is 0 Å². The molecular formula is C13H17F2NO2S. The van der Waals surface area contributed by atoms with Gasteiger partial charge in [0, 0.05) is 12.1 Å². The van der Waals surface area contributed by atoms with Crippen molar-refractivity contribution in [3.05, 3.63) is 29.8 Å². The molecule has 0 N–H and O–H groups in total. The number of halogens is 2.